The molecule has 1 atom stereocenters. The quantitative estimate of drug-likeness (QED) is 0.892. The van der Waals surface area contributed by atoms with Gasteiger partial charge in [0.05, 0.1) is 6.54 Å². The Balaban J connectivity index is 2.38. The van der Waals surface area contributed by atoms with E-state index in [-0.39, 0.29) is 17.9 Å². The summed E-state index contributed by atoms with van der Waals surface area (Å²) in [5.74, 6) is -0.161. The van der Waals surface area contributed by atoms with E-state index < -0.39 is 0 Å². The highest BCUT2D eigenvalue weighted by molar-refractivity contribution is 6.30. The number of hydrogen-bond acceptors (Lipinski definition) is 2. The molecule has 1 unspecified atom stereocenters. The Labute approximate surface area is 130 Å². The average Bonchev–Trinajstić information content (AvgIpc) is 2.53. The molecule has 2 rings (SSSR count). The lowest BCUT2D eigenvalue weighted by atomic mass is 9.76. The van der Waals surface area contributed by atoms with Gasteiger partial charge in [-0.2, -0.15) is 0 Å². The van der Waals surface area contributed by atoms with Crippen LogP contribution in [0.2, 0.25) is 5.02 Å². The van der Waals surface area contributed by atoms with Gasteiger partial charge in [0.25, 0.3) is 0 Å². The van der Waals surface area contributed by atoms with Gasteiger partial charge in [-0.3, -0.25) is 4.79 Å². The molecule has 0 spiro atoms. The summed E-state index contributed by atoms with van der Waals surface area (Å²) in [6.45, 7) is 2.57. The van der Waals surface area contributed by atoms with Crippen molar-refractivity contribution in [2.24, 2.45) is 5.73 Å². The number of rotatable bonds is 5. The largest absolute Gasteiger partial charge is 0.354 e. The van der Waals surface area contributed by atoms with Crippen molar-refractivity contribution >= 4 is 17.5 Å². The van der Waals surface area contributed by atoms with E-state index in [4.69, 9.17) is 17.3 Å². The number of carbonyl (C=O) groups excluding carboxylic acids is 1. The first-order chi connectivity index (χ1) is 10.1. The molecule has 0 aliphatic rings. The Morgan fingerprint density at radius 3 is 2.24 bits per heavy atom. The number of halogens is 1. The lowest BCUT2D eigenvalue weighted by Gasteiger charge is -2.31. The lowest BCUT2D eigenvalue weighted by Crippen LogP contribution is -2.41. The molecule has 21 heavy (non-hydrogen) atoms. The first-order valence-electron chi connectivity index (χ1n) is 6.84. The van der Waals surface area contributed by atoms with Crippen molar-refractivity contribution in [3.8, 4) is 0 Å². The maximum Gasteiger partial charge on any atom is 0.233 e. The fourth-order valence-electron chi connectivity index (χ4n) is 2.34. The van der Waals surface area contributed by atoms with Crippen LogP contribution in [0.4, 0.5) is 0 Å². The summed E-state index contributed by atoms with van der Waals surface area (Å²) in [4.78, 5) is 11.5. The summed E-state index contributed by atoms with van der Waals surface area (Å²) in [5, 5.41) is 3.58. The first-order valence-corrected chi connectivity index (χ1v) is 7.22. The second kappa shape index (κ2) is 6.74. The molecule has 3 nitrogen and oxygen atoms in total. The van der Waals surface area contributed by atoms with E-state index >= 15 is 0 Å². The summed E-state index contributed by atoms with van der Waals surface area (Å²) < 4.78 is 0. The molecule has 4 heteroatoms. The summed E-state index contributed by atoms with van der Waals surface area (Å²) in [6.07, 6.45) is 0. The Bertz CT molecular complexity index is 598. The number of nitrogens with one attached hydrogen (secondary N) is 1. The molecular weight excluding hydrogens is 284 g/mol. The minimum Gasteiger partial charge on any atom is -0.354 e. The molecule has 0 aliphatic heterocycles. The first kappa shape index (κ1) is 15.5. The second-order valence-corrected chi connectivity index (χ2v) is 5.62. The zero-order valence-corrected chi connectivity index (χ0v) is 12.7. The van der Waals surface area contributed by atoms with E-state index in [1.54, 1.807) is 0 Å². The van der Waals surface area contributed by atoms with Gasteiger partial charge >= 0.3 is 0 Å². The van der Waals surface area contributed by atoms with E-state index in [1.165, 1.54) is 0 Å². The van der Waals surface area contributed by atoms with Gasteiger partial charge in [0.1, 0.15) is 0 Å². The van der Waals surface area contributed by atoms with Crippen molar-refractivity contribution in [3.05, 3.63) is 70.7 Å². The average molecular weight is 303 g/mol. The molecule has 2 aromatic rings. The minimum absolute atomic E-state index is 0.00844. The van der Waals surface area contributed by atoms with Crippen LogP contribution in [-0.4, -0.2) is 19.0 Å². The summed E-state index contributed by atoms with van der Waals surface area (Å²) in [7, 11) is 0. The summed E-state index contributed by atoms with van der Waals surface area (Å²) in [6, 6.07) is 17.8. The third-order valence-electron chi connectivity index (χ3n) is 3.72. The third-order valence-corrected chi connectivity index (χ3v) is 3.97. The van der Waals surface area contributed by atoms with E-state index in [0.29, 0.717) is 11.6 Å². The van der Waals surface area contributed by atoms with E-state index in [1.807, 2.05) is 42.5 Å². The summed E-state index contributed by atoms with van der Waals surface area (Å²) >= 11 is 5.97. The van der Waals surface area contributed by atoms with Crippen LogP contribution in [0.25, 0.3) is 0 Å². The maximum atomic E-state index is 11.5. The molecular formula is C17H19ClN2O. The number of benzene rings is 2. The molecule has 0 bridgehead atoms. The van der Waals surface area contributed by atoms with Gasteiger partial charge in [-0.05, 0) is 30.2 Å². The molecule has 0 fully saturated rings. The highest BCUT2D eigenvalue weighted by Gasteiger charge is 2.29. The zero-order chi connectivity index (χ0) is 15.3. The second-order valence-electron chi connectivity index (χ2n) is 5.19. The monoisotopic (exact) mass is 302 g/mol. The standard InChI is InChI=1S/C17H19ClN2O/c1-17(12-20-16(21)11-19,13-5-3-2-4-6-13)14-7-9-15(18)10-8-14/h2-10H,11-12,19H2,1H3,(H,20,21). The van der Waals surface area contributed by atoms with Crippen LogP contribution in [0.15, 0.2) is 54.6 Å². The third kappa shape index (κ3) is 3.63. The highest BCUT2D eigenvalue weighted by atomic mass is 35.5. The van der Waals surface area contributed by atoms with E-state index in [9.17, 15) is 4.79 Å². The van der Waals surface area contributed by atoms with Gasteiger partial charge in [-0.15, -0.1) is 0 Å². The molecule has 0 saturated heterocycles. The Morgan fingerprint density at radius 2 is 1.67 bits per heavy atom. The minimum atomic E-state index is -0.337. The lowest BCUT2D eigenvalue weighted by molar-refractivity contribution is -0.119. The van der Waals surface area contributed by atoms with Crippen LogP contribution in [0.1, 0.15) is 18.1 Å². The predicted molar refractivity (Wildman–Crippen MR) is 86.4 cm³/mol. The summed E-state index contributed by atoms with van der Waals surface area (Å²) in [5.41, 5.74) is 7.25. The van der Waals surface area contributed by atoms with Crippen molar-refractivity contribution in [2.75, 3.05) is 13.1 Å². The van der Waals surface area contributed by atoms with Gasteiger partial charge in [-0.25, -0.2) is 0 Å². The van der Waals surface area contributed by atoms with E-state index in [0.717, 1.165) is 11.1 Å². The molecule has 0 saturated carbocycles. The Hall–Kier alpha value is -1.84. The van der Waals surface area contributed by atoms with Crippen LogP contribution >= 0.6 is 11.6 Å². The van der Waals surface area contributed by atoms with Crippen LogP contribution in [-0.2, 0) is 10.2 Å². The topological polar surface area (TPSA) is 55.1 Å². The molecule has 1 amide bonds. The predicted octanol–water partition coefficient (Wildman–Crippen LogP) is 2.72. The fraction of sp³-hybridized carbons (Fsp3) is 0.235. The van der Waals surface area contributed by atoms with Crippen LogP contribution in [0.3, 0.4) is 0 Å². The molecule has 3 N–H and O–H groups in total. The molecule has 0 radical (unpaired) electrons. The molecule has 0 aliphatic carbocycles. The Kier molecular flexibility index (Phi) is 4.99. The van der Waals surface area contributed by atoms with Crippen molar-refractivity contribution < 1.29 is 4.79 Å². The van der Waals surface area contributed by atoms with Crippen LogP contribution in [0.5, 0.6) is 0 Å². The van der Waals surface area contributed by atoms with Crippen molar-refractivity contribution in [2.45, 2.75) is 12.3 Å². The van der Waals surface area contributed by atoms with Gasteiger partial charge < -0.3 is 11.1 Å². The number of hydrogen-bond donors (Lipinski definition) is 2. The zero-order valence-electron chi connectivity index (χ0n) is 12.0. The van der Waals surface area contributed by atoms with Gasteiger partial charge in [0.2, 0.25) is 5.91 Å². The molecule has 0 aromatic heterocycles. The Morgan fingerprint density at radius 1 is 1.10 bits per heavy atom. The van der Waals surface area contributed by atoms with Gasteiger partial charge in [0.15, 0.2) is 0 Å². The smallest absolute Gasteiger partial charge is 0.233 e. The normalized spacial score (nSPS) is 13.5. The number of carbonyl (C=O) groups is 1. The van der Waals surface area contributed by atoms with Crippen molar-refractivity contribution in [1.82, 2.24) is 5.32 Å². The number of amides is 1. The number of nitrogens with two attached hydrogens (primary N) is 1. The fourth-order valence-corrected chi connectivity index (χ4v) is 2.47. The SMILES string of the molecule is CC(CNC(=O)CN)(c1ccccc1)c1ccc(Cl)cc1. The van der Waals surface area contributed by atoms with E-state index in [2.05, 4.69) is 24.4 Å². The highest BCUT2D eigenvalue weighted by Crippen LogP contribution is 2.32. The van der Waals surface area contributed by atoms with Crippen molar-refractivity contribution in [1.29, 1.82) is 0 Å². The van der Waals surface area contributed by atoms with Crippen molar-refractivity contribution in [3.63, 3.8) is 0 Å². The molecule has 110 valence electrons. The maximum absolute atomic E-state index is 11.5. The van der Waals surface area contributed by atoms with Gasteiger partial charge in [0, 0.05) is 17.0 Å². The molecule has 2 aromatic carbocycles. The van der Waals surface area contributed by atoms with Crippen LogP contribution in [0, 0.1) is 0 Å². The molecule has 0 heterocycles. The van der Waals surface area contributed by atoms with Crippen LogP contribution < -0.4 is 11.1 Å². The van der Waals surface area contributed by atoms with Gasteiger partial charge in [-0.1, -0.05) is 54.1 Å².